The summed E-state index contributed by atoms with van der Waals surface area (Å²) in [5.74, 6) is 0. The molecule has 0 spiro atoms. The van der Waals surface area contributed by atoms with Crippen molar-refractivity contribution in [2.75, 3.05) is 0 Å². The molecule has 0 unspecified atom stereocenters. The van der Waals surface area contributed by atoms with E-state index in [9.17, 15) is 5.11 Å². The topological polar surface area (TPSA) is 46.2 Å². The number of fused-ring (bicyclic) bond motifs is 3. The fraction of sp³-hybridized carbons (Fsp3) is 0.286. The Hall–Kier alpha value is -1.09. The smallest absolute Gasteiger partial charge is 0.0898 e. The normalized spacial score (nSPS) is 28.1. The molecule has 0 aliphatic heterocycles. The molecule has 3 N–H and O–H groups in total. The van der Waals surface area contributed by atoms with Crippen molar-refractivity contribution < 1.29 is 5.11 Å². The van der Waals surface area contributed by atoms with Crippen molar-refractivity contribution in [2.24, 2.45) is 5.73 Å². The second-order valence-corrected chi connectivity index (χ2v) is 5.09. The van der Waals surface area contributed by atoms with E-state index in [0.29, 0.717) is 6.42 Å². The van der Waals surface area contributed by atoms with Gasteiger partial charge in [0.15, 0.2) is 0 Å². The minimum atomic E-state index is -0.662. The van der Waals surface area contributed by atoms with Crippen molar-refractivity contribution >= 4 is 22.4 Å². The quantitative estimate of drug-likeness (QED) is 0.702. The maximum absolute atomic E-state index is 9.91. The number of rotatable bonds is 0. The molecule has 0 bridgehead atoms. The minimum absolute atomic E-state index is 0.282. The molecule has 3 heteroatoms. The number of alkyl halides is 1. The van der Waals surface area contributed by atoms with Gasteiger partial charge >= 0.3 is 0 Å². The molecule has 1 aliphatic rings. The highest BCUT2D eigenvalue weighted by atomic mass is 35.5. The zero-order chi connectivity index (χ0) is 12.0. The summed E-state index contributed by atoms with van der Waals surface area (Å²) in [6.07, 6.45) is 0.0199. The Kier molecular flexibility index (Phi) is 2.58. The van der Waals surface area contributed by atoms with E-state index < -0.39 is 11.5 Å². The summed E-state index contributed by atoms with van der Waals surface area (Å²) < 4.78 is 0. The molecule has 2 aromatic carbocycles. The molecule has 0 fully saturated rings. The predicted octanol–water partition coefficient (Wildman–Crippen LogP) is 2.36. The van der Waals surface area contributed by atoms with Crippen LogP contribution < -0.4 is 5.73 Å². The molecule has 1 aliphatic carbocycles. The highest BCUT2D eigenvalue weighted by Crippen LogP contribution is 2.37. The highest BCUT2D eigenvalue weighted by molar-refractivity contribution is 6.21. The molecule has 0 radical (unpaired) electrons. The second-order valence-electron chi connectivity index (χ2n) is 4.61. The summed E-state index contributed by atoms with van der Waals surface area (Å²) in [5.41, 5.74) is 8.13. The number of nitrogens with two attached hydrogens (primary N) is 1. The Morgan fingerprint density at radius 2 is 1.94 bits per heavy atom. The van der Waals surface area contributed by atoms with Gasteiger partial charge in [0.2, 0.25) is 0 Å². The van der Waals surface area contributed by atoms with Crippen LogP contribution >= 0.6 is 11.6 Å². The highest BCUT2D eigenvalue weighted by Gasteiger charge is 2.32. The van der Waals surface area contributed by atoms with Gasteiger partial charge in [-0.3, -0.25) is 0 Å². The first-order valence-electron chi connectivity index (χ1n) is 5.76. The standard InChI is InChI=1S/C14H14ClNO/c15-13-10-6-5-8-3-1-2-4-9(8)11(10)7-12(16)14(13)17/h1-6,12-14,17H,7,16H2/t12-,13-,14-/m0/s1. The Bertz CT molecular complexity index is 569. The average molecular weight is 248 g/mol. The van der Waals surface area contributed by atoms with Crippen LogP contribution in [-0.2, 0) is 6.42 Å². The summed E-state index contributed by atoms with van der Waals surface area (Å²) in [5, 5.41) is 11.9. The van der Waals surface area contributed by atoms with Crippen LogP contribution in [0, 0.1) is 0 Å². The van der Waals surface area contributed by atoms with Crippen LogP contribution in [0.2, 0.25) is 0 Å². The summed E-state index contributed by atoms with van der Waals surface area (Å²) >= 11 is 6.26. The zero-order valence-electron chi connectivity index (χ0n) is 9.31. The van der Waals surface area contributed by atoms with Gasteiger partial charge < -0.3 is 10.8 Å². The van der Waals surface area contributed by atoms with Crippen LogP contribution in [0.15, 0.2) is 36.4 Å². The van der Waals surface area contributed by atoms with Gasteiger partial charge in [-0.25, -0.2) is 0 Å². The average Bonchev–Trinajstić information content (AvgIpc) is 2.36. The van der Waals surface area contributed by atoms with Crippen molar-refractivity contribution in [1.82, 2.24) is 0 Å². The van der Waals surface area contributed by atoms with Gasteiger partial charge in [-0.15, -0.1) is 11.6 Å². The van der Waals surface area contributed by atoms with Crippen molar-refractivity contribution in [1.29, 1.82) is 0 Å². The van der Waals surface area contributed by atoms with Crippen LogP contribution in [-0.4, -0.2) is 17.3 Å². The molecule has 3 atom stereocenters. The molecule has 2 nitrogen and oxygen atoms in total. The third kappa shape index (κ3) is 1.64. The Labute approximate surface area is 105 Å². The molecule has 0 saturated carbocycles. The van der Waals surface area contributed by atoms with Gasteiger partial charge in [0.05, 0.1) is 11.5 Å². The maximum Gasteiger partial charge on any atom is 0.0898 e. The first kappa shape index (κ1) is 11.0. The van der Waals surface area contributed by atoms with E-state index in [1.54, 1.807) is 0 Å². The summed E-state index contributed by atoms with van der Waals surface area (Å²) in [4.78, 5) is 0. The maximum atomic E-state index is 9.91. The lowest BCUT2D eigenvalue weighted by molar-refractivity contribution is 0.132. The van der Waals surface area contributed by atoms with E-state index in [1.165, 1.54) is 16.3 Å². The van der Waals surface area contributed by atoms with E-state index in [-0.39, 0.29) is 6.04 Å². The molecule has 88 valence electrons. The molecular weight excluding hydrogens is 234 g/mol. The third-order valence-electron chi connectivity index (χ3n) is 3.55. The molecule has 17 heavy (non-hydrogen) atoms. The van der Waals surface area contributed by atoms with Gasteiger partial charge in [-0.2, -0.15) is 0 Å². The number of halogens is 1. The van der Waals surface area contributed by atoms with Crippen molar-refractivity contribution in [3.8, 4) is 0 Å². The predicted molar refractivity (Wildman–Crippen MR) is 70.2 cm³/mol. The molecule has 0 aromatic heterocycles. The Morgan fingerprint density at radius 3 is 2.76 bits per heavy atom. The van der Waals surface area contributed by atoms with Crippen LogP contribution in [0.4, 0.5) is 0 Å². The second kappa shape index (κ2) is 3.98. The lowest BCUT2D eigenvalue weighted by Crippen LogP contribution is -2.42. The van der Waals surface area contributed by atoms with E-state index in [0.717, 1.165) is 5.56 Å². The van der Waals surface area contributed by atoms with Gasteiger partial charge in [-0.1, -0.05) is 36.4 Å². The van der Waals surface area contributed by atoms with Crippen LogP contribution in [0.5, 0.6) is 0 Å². The first-order valence-corrected chi connectivity index (χ1v) is 6.20. The summed E-state index contributed by atoms with van der Waals surface area (Å²) in [6, 6.07) is 12.0. The summed E-state index contributed by atoms with van der Waals surface area (Å²) in [7, 11) is 0. The number of aliphatic hydroxyl groups excluding tert-OH is 1. The zero-order valence-corrected chi connectivity index (χ0v) is 10.1. The van der Waals surface area contributed by atoms with Crippen molar-refractivity contribution in [3.63, 3.8) is 0 Å². The summed E-state index contributed by atoms with van der Waals surface area (Å²) in [6.45, 7) is 0. The van der Waals surface area contributed by atoms with Crippen molar-refractivity contribution in [3.05, 3.63) is 47.5 Å². The van der Waals surface area contributed by atoms with Gasteiger partial charge in [0.1, 0.15) is 0 Å². The van der Waals surface area contributed by atoms with Gasteiger partial charge in [0.25, 0.3) is 0 Å². The lowest BCUT2D eigenvalue weighted by atomic mass is 9.83. The molecule has 0 heterocycles. The third-order valence-corrected chi connectivity index (χ3v) is 4.05. The van der Waals surface area contributed by atoms with E-state index >= 15 is 0 Å². The largest absolute Gasteiger partial charge is 0.390 e. The molecule has 2 aromatic rings. The number of benzene rings is 2. The van der Waals surface area contributed by atoms with E-state index in [4.69, 9.17) is 17.3 Å². The van der Waals surface area contributed by atoms with E-state index in [1.807, 2.05) is 24.3 Å². The van der Waals surface area contributed by atoms with Gasteiger partial charge in [0, 0.05) is 6.04 Å². The Morgan fingerprint density at radius 1 is 1.18 bits per heavy atom. The molecule has 3 rings (SSSR count). The van der Waals surface area contributed by atoms with Gasteiger partial charge in [-0.05, 0) is 28.3 Å². The van der Waals surface area contributed by atoms with Crippen LogP contribution in [0.25, 0.3) is 10.8 Å². The lowest BCUT2D eigenvalue weighted by Gasteiger charge is -2.32. The first-order chi connectivity index (χ1) is 8.18. The molecule has 0 saturated heterocycles. The van der Waals surface area contributed by atoms with E-state index in [2.05, 4.69) is 12.1 Å². The van der Waals surface area contributed by atoms with Crippen LogP contribution in [0.3, 0.4) is 0 Å². The molecular formula is C14H14ClNO. The minimum Gasteiger partial charge on any atom is -0.390 e. The Balaban J connectivity index is 2.27. The molecule has 0 amide bonds. The number of hydrogen-bond acceptors (Lipinski definition) is 2. The van der Waals surface area contributed by atoms with Crippen molar-refractivity contribution in [2.45, 2.75) is 23.9 Å². The SMILES string of the molecule is N[C@H]1Cc2c(ccc3ccccc23)[C@H](Cl)[C@H]1O. The van der Waals surface area contributed by atoms with Crippen LogP contribution in [0.1, 0.15) is 16.5 Å². The fourth-order valence-corrected chi connectivity index (χ4v) is 2.99. The number of hydrogen-bond donors (Lipinski definition) is 2. The monoisotopic (exact) mass is 247 g/mol. The number of aliphatic hydroxyl groups is 1. The fourth-order valence-electron chi connectivity index (χ4n) is 2.60.